The summed E-state index contributed by atoms with van der Waals surface area (Å²) in [7, 11) is 1.54. The van der Waals surface area contributed by atoms with Crippen LogP contribution in [0.1, 0.15) is 39.4 Å². The highest BCUT2D eigenvalue weighted by Gasteiger charge is 2.36. The molecule has 0 radical (unpaired) electrons. The lowest BCUT2D eigenvalue weighted by atomic mass is 10.1. The molecule has 4 rings (SSSR count). The Labute approximate surface area is 209 Å². The van der Waals surface area contributed by atoms with Gasteiger partial charge in [-0.15, -0.1) is 0 Å². The number of oxazole rings is 1. The largest absolute Gasteiger partial charge is 0.496 e. The van der Waals surface area contributed by atoms with E-state index in [2.05, 4.69) is 9.97 Å². The zero-order valence-electron chi connectivity index (χ0n) is 20.4. The molecular weight excluding hydrogens is 488 g/mol. The van der Waals surface area contributed by atoms with Gasteiger partial charge in [0.05, 0.1) is 26.0 Å². The number of nitrogens with zero attached hydrogens (tertiary/aromatic N) is 4. The molecule has 0 saturated carbocycles. The maximum Gasteiger partial charge on any atom is 0.333 e. The second-order valence-electron chi connectivity index (χ2n) is 8.82. The minimum atomic E-state index is -1.84. The minimum absolute atomic E-state index is 0.0307. The average Bonchev–Trinajstić information content (AvgIpc) is 3.51. The van der Waals surface area contributed by atoms with Crippen molar-refractivity contribution in [3.05, 3.63) is 63.1 Å². The second-order valence-corrected chi connectivity index (χ2v) is 9.80. The summed E-state index contributed by atoms with van der Waals surface area (Å²) in [5.74, 6) is -0.592. The third kappa shape index (κ3) is 4.44. The van der Waals surface area contributed by atoms with Gasteiger partial charge in [0.25, 0.3) is 11.4 Å². The molecular formula is C24H26N4O7S. The topological polar surface area (TPSA) is 139 Å². The minimum Gasteiger partial charge on any atom is -0.496 e. The average molecular weight is 515 g/mol. The van der Waals surface area contributed by atoms with Crippen LogP contribution in [0.25, 0.3) is 21.2 Å². The van der Waals surface area contributed by atoms with Gasteiger partial charge in [0.1, 0.15) is 28.5 Å². The first kappa shape index (κ1) is 25.3. The fraction of sp³-hybridized carbons (Fsp3) is 0.375. The summed E-state index contributed by atoms with van der Waals surface area (Å²) in [5, 5.41) is 10.1. The zero-order valence-corrected chi connectivity index (χ0v) is 21.2. The molecule has 12 heteroatoms. The Morgan fingerprint density at radius 3 is 2.58 bits per heavy atom. The molecule has 0 amide bonds. The van der Waals surface area contributed by atoms with E-state index in [1.54, 1.807) is 6.07 Å². The number of benzene rings is 1. The number of aliphatic carboxylic acids is 1. The first-order chi connectivity index (χ1) is 17.1. The van der Waals surface area contributed by atoms with Crippen LogP contribution < -0.4 is 16.0 Å². The van der Waals surface area contributed by atoms with E-state index in [1.807, 2.05) is 32.0 Å². The lowest BCUT2D eigenvalue weighted by Crippen LogP contribution is -2.52. The SMILES string of the molecule is COc1ccccc1[C@H](Cn1c(=O)n(C(C)(C)C(=O)O)c(=O)c2nc(-c3ncco3)sc21)OC(C)C. The number of aromatic nitrogens is 4. The summed E-state index contributed by atoms with van der Waals surface area (Å²) < 4.78 is 19.1. The van der Waals surface area contributed by atoms with Gasteiger partial charge in [-0.1, -0.05) is 29.5 Å². The highest BCUT2D eigenvalue weighted by Crippen LogP contribution is 2.32. The standard InChI is InChI=1S/C24H26N4O7S/c1-13(2)35-16(14-8-6-7-9-15(14)33-5)12-27-21-17(26-19(36-21)18-25-10-11-34-18)20(29)28(23(27)32)24(3,4)22(30)31/h6-11,13,16H,12H2,1-5H3,(H,30,31)/t16-/m0/s1. The van der Waals surface area contributed by atoms with Crippen LogP contribution in [0.3, 0.4) is 0 Å². The molecule has 3 aromatic heterocycles. The van der Waals surface area contributed by atoms with Gasteiger partial charge in [-0.2, -0.15) is 0 Å². The molecule has 0 aliphatic heterocycles. The molecule has 11 nitrogen and oxygen atoms in total. The lowest BCUT2D eigenvalue weighted by molar-refractivity contribution is -0.146. The van der Waals surface area contributed by atoms with E-state index in [0.29, 0.717) is 15.9 Å². The van der Waals surface area contributed by atoms with Crippen molar-refractivity contribution < 1.29 is 23.8 Å². The molecule has 0 unspecified atom stereocenters. The summed E-state index contributed by atoms with van der Waals surface area (Å²) in [6.45, 7) is 6.28. The van der Waals surface area contributed by atoms with Crippen LogP contribution in [0.15, 0.2) is 50.7 Å². The highest BCUT2D eigenvalue weighted by molar-refractivity contribution is 7.21. The number of fused-ring (bicyclic) bond motifs is 1. The van der Waals surface area contributed by atoms with Crippen molar-refractivity contribution in [1.82, 2.24) is 19.1 Å². The zero-order chi connectivity index (χ0) is 26.2. The number of methoxy groups -OCH3 is 1. The number of carbonyl (C=O) groups is 1. The Morgan fingerprint density at radius 2 is 1.97 bits per heavy atom. The fourth-order valence-electron chi connectivity index (χ4n) is 3.85. The number of hydrogen-bond donors (Lipinski definition) is 1. The molecule has 0 spiro atoms. The van der Waals surface area contributed by atoms with Gasteiger partial charge in [-0.25, -0.2) is 24.1 Å². The van der Waals surface area contributed by atoms with Crippen LogP contribution in [0.4, 0.5) is 0 Å². The molecule has 0 fully saturated rings. The van der Waals surface area contributed by atoms with Gasteiger partial charge >= 0.3 is 11.7 Å². The summed E-state index contributed by atoms with van der Waals surface area (Å²) in [6.07, 6.45) is 1.94. The number of carboxylic acids is 1. The molecule has 0 bridgehead atoms. The van der Waals surface area contributed by atoms with Crippen LogP contribution >= 0.6 is 11.3 Å². The number of thiazole rings is 1. The molecule has 36 heavy (non-hydrogen) atoms. The maximum absolute atomic E-state index is 13.8. The van der Waals surface area contributed by atoms with Crippen LogP contribution in [0, 0.1) is 0 Å². The van der Waals surface area contributed by atoms with Gasteiger partial charge < -0.3 is 19.0 Å². The van der Waals surface area contributed by atoms with Gasteiger partial charge in [0.15, 0.2) is 10.5 Å². The first-order valence-electron chi connectivity index (χ1n) is 11.1. The van der Waals surface area contributed by atoms with E-state index in [9.17, 15) is 19.5 Å². The van der Waals surface area contributed by atoms with Crippen molar-refractivity contribution in [2.75, 3.05) is 7.11 Å². The van der Waals surface area contributed by atoms with Gasteiger partial charge in [0.2, 0.25) is 0 Å². The lowest BCUT2D eigenvalue weighted by Gasteiger charge is -2.26. The van der Waals surface area contributed by atoms with Crippen molar-refractivity contribution in [1.29, 1.82) is 0 Å². The Morgan fingerprint density at radius 1 is 1.25 bits per heavy atom. The molecule has 4 aromatic rings. The normalized spacial score (nSPS) is 12.8. The van der Waals surface area contributed by atoms with Crippen molar-refractivity contribution >= 4 is 27.7 Å². The first-order valence-corrected chi connectivity index (χ1v) is 12.0. The van der Waals surface area contributed by atoms with Crippen molar-refractivity contribution in [3.8, 4) is 16.6 Å². The molecule has 0 saturated heterocycles. The van der Waals surface area contributed by atoms with Crippen LogP contribution in [-0.2, 0) is 21.6 Å². The quantitative estimate of drug-likeness (QED) is 0.356. The Bertz CT molecular complexity index is 1520. The van der Waals surface area contributed by atoms with E-state index in [-0.39, 0.29) is 33.9 Å². The summed E-state index contributed by atoms with van der Waals surface area (Å²) >= 11 is 1.05. The van der Waals surface area contributed by atoms with E-state index < -0.39 is 28.9 Å². The third-order valence-electron chi connectivity index (χ3n) is 5.65. The van der Waals surface area contributed by atoms with Crippen molar-refractivity contribution in [3.63, 3.8) is 0 Å². The van der Waals surface area contributed by atoms with E-state index in [1.165, 1.54) is 38.0 Å². The van der Waals surface area contributed by atoms with Crippen LogP contribution in [-0.4, -0.2) is 43.4 Å². The molecule has 1 N–H and O–H groups in total. The van der Waals surface area contributed by atoms with Gasteiger partial charge in [0, 0.05) is 5.56 Å². The number of hydrogen-bond acceptors (Lipinski definition) is 9. The van der Waals surface area contributed by atoms with Crippen molar-refractivity contribution in [2.24, 2.45) is 0 Å². The predicted octanol–water partition coefficient (Wildman–Crippen LogP) is 3.27. The van der Waals surface area contributed by atoms with Gasteiger partial charge in [-0.05, 0) is 33.8 Å². The summed E-state index contributed by atoms with van der Waals surface area (Å²) in [4.78, 5) is 47.9. The Kier molecular flexibility index (Phi) is 6.83. The molecule has 190 valence electrons. The molecule has 0 aliphatic rings. The van der Waals surface area contributed by atoms with Crippen LogP contribution in [0.5, 0.6) is 5.75 Å². The Hall–Kier alpha value is -3.77. The van der Waals surface area contributed by atoms with E-state index in [4.69, 9.17) is 13.9 Å². The second kappa shape index (κ2) is 9.70. The van der Waals surface area contributed by atoms with Crippen LogP contribution in [0.2, 0.25) is 0 Å². The fourth-order valence-corrected chi connectivity index (χ4v) is 4.85. The Balaban J connectivity index is 2.01. The number of ether oxygens (including phenoxy) is 2. The smallest absolute Gasteiger partial charge is 0.333 e. The number of carboxylic acid groups (broad SMARTS) is 1. The van der Waals surface area contributed by atoms with Gasteiger partial charge in [-0.3, -0.25) is 9.36 Å². The molecule has 1 aromatic carbocycles. The molecule has 1 atom stereocenters. The summed E-state index contributed by atoms with van der Waals surface area (Å²) in [5.41, 5.74) is -2.82. The van der Waals surface area contributed by atoms with E-state index in [0.717, 1.165) is 11.3 Å². The molecule has 3 heterocycles. The summed E-state index contributed by atoms with van der Waals surface area (Å²) in [6, 6.07) is 7.26. The maximum atomic E-state index is 13.8. The van der Waals surface area contributed by atoms with Crippen molar-refractivity contribution in [2.45, 2.75) is 52.0 Å². The van der Waals surface area contributed by atoms with E-state index >= 15 is 0 Å². The highest BCUT2D eigenvalue weighted by atomic mass is 32.1. The monoisotopic (exact) mass is 514 g/mol. The molecule has 0 aliphatic carbocycles. The predicted molar refractivity (Wildman–Crippen MR) is 133 cm³/mol. The number of para-hydroxylation sites is 1. The third-order valence-corrected chi connectivity index (χ3v) is 6.72. The number of rotatable bonds is 9.